The Morgan fingerprint density at radius 3 is 2.68 bits per heavy atom. The standard InChI is InChI=1S/C17H15NO/c1-13-5-2-3-7-15(13)9-10-17(19)16-8-4-6-14(11-16)12-18/h2-8,11H,9-10H2,1H3. The summed E-state index contributed by atoms with van der Waals surface area (Å²) in [6.45, 7) is 2.05. The number of nitrogens with zero attached hydrogens (tertiary/aromatic N) is 1. The third-order valence-electron chi connectivity index (χ3n) is 3.20. The molecule has 0 spiro atoms. The molecule has 2 rings (SSSR count). The van der Waals surface area contributed by atoms with E-state index in [0.717, 1.165) is 6.42 Å². The Bertz CT molecular complexity index is 638. The van der Waals surface area contributed by atoms with E-state index in [1.807, 2.05) is 18.2 Å². The normalized spacial score (nSPS) is 9.89. The van der Waals surface area contributed by atoms with Gasteiger partial charge in [0.25, 0.3) is 0 Å². The van der Waals surface area contributed by atoms with Gasteiger partial charge in [-0.3, -0.25) is 4.79 Å². The fraction of sp³-hybridized carbons (Fsp3) is 0.176. The van der Waals surface area contributed by atoms with E-state index < -0.39 is 0 Å². The second-order valence-corrected chi connectivity index (χ2v) is 4.54. The average Bonchev–Trinajstić information content (AvgIpc) is 2.46. The summed E-state index contributed by atoms with van der Waals surface area (Å²) in [5.74, 6) is 0.0837. The first-order chi connectivity index (χ1) is 9.20. The molecule has 2 aromatic rings. The van der Waals surface area contributed by atoms with E-state index in [2.05, 4.69) is 19.1 Å². The van der Waals surface area contributed by atoms with Crippen LogP contribution in [0.2, 0.25) is 0 Å². The molecule has 0 amide bonds. The van der Waals surface area contributed by atoms with Crippen LogP contribution < -0.4 is 0 Å². The number of Topliss-reactive ketones (excluding diaryl/α,β-unsaturated/α-hetero) is 1. The van der Waals surface area contributed by atoms with Gasteiger partial charge in [0.2, 0.25) is 0 Å². The molecule has 0 bridgehead atoms. The SMILES string of the molecule is Cc1ccccc1CCC(=O)c1cccc(C#N)c1. The summed E-state index contributed by atoms with van der Waals surface area (Å²) in [5.41, 5.74) is 3.56. The molecular formula is C17H15NO. The van der Waals surface area contributed by atoms with Crippen molar-refractivity contribution >= 4 is 5.78 Å². The topological polar surface area (TPSA) is 40.9 Å². The summed E-state index contributed by atoms with van der Waals surface area (Å²) >= 11 is 0. The molecule has 0 fully saturated rings. The molecule has 0 aliphatic carbocycles. The van der Waals surface area contributed by atoms with E-state index in [9.17, 15) is 4.79 Å². The highest BCUT2D eigenvalue weighted by atomic mass is 16.1. The second-order valence-electron chi connectivity index (χ2n) is 4.54. The molecule has 0 unspecified atom stereocenters. The lowest BCUT2D eigenvalue weighted by Gasteiger charge is -2.05. The molecule has 19 heavy (non-hydrogen) atoms. The van der Waals surface area contributed by atoms with Gasteiger partial charge in [0.1, 0.15) is 0 Å². The van der Waals surface area contributed by atoms with Gasteiger partial charge in [-0.05, 0) is 36.6 Å². The number of carbonyl (C=O) groups excluding carboxylic acids is 1. The number of hydrogen-bond acceptors (Lipinski definition) is 2. The Morgan fingerprint density at radius 2 is 1.95 bits per heavy atom. The van der Waals surface area contributed by atoms with Gasteiger partial charge >= 0.3 is 0 Å². The summed E-state index contributed by atoms with van der Waals surface area (Å²) in [4.78, 5) is 12.1. The summed E-state index contributed by atoms with van der Waals surface area (Å²) in [6.07, 6.45) is 1.21. The molecule has 2 aromatic carbocycles. The second kappa shape index (κ2) is 5.97. The number of hydrogen-bond donors (Lipinski definition) is 0. The molecule has 0 aromatic heterocycles. The van der Waals surface area contributed by atoms with Crippen molar-refractivity contribution in [3.63, 3.8) is 0 Å². The molecular weight excluding hydrogens is 234 g/mol. The van der Waals surface area contributed by atoms with Crippen LogP contribution in [0.1, 0.15) is 33.5 Å². The zero-order valence-corrected chi connectivity index (χ0v) is 10.9. The Hall–Kier alpha value is -2.40. The number of rotatable bonds is 4. The third-order valence-corrected chi connectivity index (χ3v) is 3.20. The highest BCUT2D eigenvalue weighted by molar-refractivity contribution is 5.96. The Labute approximate surface area is 113 Å². The van der Waals surface area contributed by atoms with Crippen LogP contribution in [0.3, 0.4) is 0 Å². The van der Waals surface area contributed by atoms with Crippen LogP contribution in [-0.4, -0.2) is 5.78 Å². The lowest BCUT2D eigenvalue weighted by atomic mass is 9.99. The summed E-state index contributed by atoms with van der Waals surface area (Å²) < 4.78 is 0. The van der Waals surface area contributed by atoms with Crippen LogP contribution in [0.4, 0.5) is 0 Å². The van der Waals surface area contributed by atoms with Crippen molar-refractivity contribution in [2.24, 2.45) is 0 Å². The molecule has 0 atom stereocenters. The quantitative estimate of drug-likeness (QED) is 0.775. The maximum Gasteiger partial charge on any atom is 0.163 e. The molecule has 0 saturated heterocycles. The highest BCUT2D eigenvalue weighted by Gasteiger charge is 2.07. The van der Waals surface area contributed by atoms with E-state index in [-0.39, 0.29) is 5.78 Å². The number of ketones is 1. The van der Waals surface area contributed by atoms with Gasteiger partial charge in [0.05, 0.1) is 11.6 Å². The Balaban J connectivity index is 2.06. The lowest BCUT2D eigenvalue weighted by molar-refractivity contribution is 0.0983. The van der Waals surface area contributed by atoms with Crippen molar-refractivity contribution in [3.05, 3.63) is 70.8 Å². The monoisotopic (exact) mass is 249 g/mol. The number of benzene rings is 2. The van der Waals surface area contributed by atoms with Crippen LogP contribution in [0.25, 0.3) is 0 Å². The minimum atomic E-state index is 0.0837. The minimum Gasteiger partial charge on any atom is -0.294 e. The van der Waals surface area contributed by atoms with Crippen molar-refractivity contribution in [1.29, 1.82) is 5.26 Å². The third kappa shape index (κ3) is 3.29. The van der Waals surface area contributed by atoms with Gasteiger partial charge in [-0.25, -0.2) is 0 Å². The van der Waals surface area contributed by atoms with E-state index >= 15 is 0 Å². The summed E-state index contributed by atoms with van der Waals surface area (Å²) in [5, 5.41) is 8.83. The minimum absolute atomic E-state index is 0.0837. The van der Waals surface area contributed by atoms with Crippen LogP contribution in [-0.2, 0) is 6.42 Å². The van der Waals surface area contributed by atoms with Gasteiger partial charge < -0.3 is 0 Å². The summed E-state index contributed by atoms with van der Waals surface area (Å²) in [6, 6.07) is 17.0. The highest BCUT2D eigenvalue weighted by Crippen LogP contribution is 2.13. The molecule has 0 radical (unpaired) electrons. The number of nitriles is 1. The van der Waals surface area contributed by atoms with Crippen molar-refractivity contribution in [1.82, 2.24) is 0 Å². The maximum absolute atomic E-state index is 12.1. The Morgan fingerprint density at radius 1 is 1.16 bits per heavy atom. The van der Waals surface area contributed by atoms with Crippen molar-refractivity contribution in [2.75, 3.05) is 0 Å². The average molecular weight is 249 g/mol. The zero-order valence-electron chi connectivity index (χ0n) is 10.9. The molecule has 2 nitrogen and oxygen atoms in total. The van der Waals surface area contributed by atoms with Gasteiger partial charge in [-0.1, -0.05) is 36.4 Å². The molecule has 0 heterocycles. The summed E-state index contributed by atoms with van der Waals surface area (Å²) in [7, 11) is 0. The number of aryl methyl sites for hydroxylation is 2. The predicted octanol–water partition coefficient (Wildman–Crippen LogP) is 3.68. The van der Waals surface area contributed by atoms with Crippen molar-refractivity contribution in [3.8, 4) is 6.07 Å². The van der Waals surface area contributed by atoms with Gasteiger partial charge in [-0.15, -0.1) is 0 Å². The zero-order chi connectivity index (χ0) is 13.7. The Kier molecular flexibility index (Phi) is 4.10. The van der Waals surface area contributed by atoms with Gasteiger partial charge in [0, 0.05) is 12.0 Å². The molecule has 2 heteroatoms. The smallest absolute Gasteiger partial charge is 0.163 e. The first kappa shape index (κ1) is 13.0. The molecule has 0 N–H and O–H groups in total. The fourth-order valence-corrected chi connectivity index (χ4v) is 2.05. The first-order valence-electron chi connectivity index (χ1n) is 6.28. The largest absolute Gasteiger partial charge is 0.294 e. The maximum atomic E-state index is 12.1. The van der Waals surface area contributed by atoms with Crippen LogP contribution in [0.5, 0.6) is 0 Å². The van der Waals surface area contributed by atoms with E-state index in [0.29, 0.717) is 17.5 Å². The van der Waals surface area contributed by atoms with E-state index in [4.69, 9.17) is 5.26 Å². The van der Waals surface area contributed by atoms with Crippen LogP contribution in [0, 0.1) is 18.3 Å². The van der Waals surface area contributed by atoms with Crippen LogP contribution >= 0.6 is 0 Å². The fourth-order valence-electron chi connectivity index (χ4n) is 2.05. The molecule has 0 aliphatic heterocycles. The van der Waals surface area contributed by atoms with Crippen molar-refractivity contribution in [2.45, 2.75) is 19.8 Å². The lowest BCUT2D eigenvalue weighted by Crippen LogP contribution is -2.02. The molecule has 0 saturated carbocycles. The van der Waals surface area contributed by atoms with E-state index in [1.54, 1.807) is 24.3 Å². The van der Waals surface area contributed by atoms with Crippen LogP contribution in [0.15, 0.2) is 48.5 Å². The van der Waals surface area contributed by atoms with Gasteiger partial charge in [-0.2, -0.15) is 5.26 Å². The molecule has 0 aliphatic rings. The van der Waals surface area contributed by atoms with Crippen molar-refractivity contribution < 1.29 is 4.79 Å². The number of carbonyl (C=O) groups is 1. The van der Waals surface area contributed by atoms with Gasteiger partial charge in [0.15, 0.2) is 5.78 Å². The van der Waals surface area contributed by atoms with E-state index in [1.165, 1.54) is 11.1 Å². The molecule has 94 valence electrons. The predicted molar refractivity (Wildman–Crippen MR) is 75.0 cm³/mol. The first-order valence-corrected chi connectivity index (χ1v) is 6.28.